The van der Waals surface area contributed by atoms with Crippen LogP contribution in [0, 0.1) is 13.8 Å². The Labute approximate surface area is 140 Å². The third-order valence-corrected chi connectivity index (χ3v) is 4.02. The fraction of sp³-hybridized carbons (Fsp3) is 0.211. The lowest BCUT2D eigenvalue weighted by atomic mass is 10.0. The third-order valence-electron chi connectivity index (χ3n) is 4.02. The van der Waals surface area contributed by atoms with Crippen molar-refractivity contribution in [1.82, 2.24) is 9.97 Å². The zero-order valence-corrected chi connectivity index (χ0v) is 14.0. The number of anilines is 1. The largest absolute Gasteiger partial charge is 0.448 e. The van der Waals surface area contributed by atoms with Gasteiger partial charge in [-0.15, -0.1) is 0 Å². The minimum Gasteiger partial charge on any atom is -0.448 e. The van der Waals surface area contributed by atoms with Crippen LogP contribution >= 0.6 is 0 Å². The molecule has 0 aliphatic heterocycles. The van der Waals surface area contributed by atoms with Crippen LogP contribution in [0.15, 0.2) is 47.2 Å². The number of oxazole rings is 1. The molecule has 0 saturated heterocycles. The van der Waals surface area contributed by atoms with Crippen molar-refractivity contribution in [1.29, 1.82) is 0 Å². The van der Waals surface area contributed by atoms with Gasteiger partial charge in [0.25, 0.3) is 5.91 Å². The van der Waals surface area contributed by atoms with E-state index in [0.717, 1.165) is 22.4 Å². The number of carbonyl (C=O) groups is 1. The number of benzene rings is 1. The van der Waals surface area contributed by atoms with Gasteiger partial charge >= 0.3 is 0 Å². The van der Waals surface area contributed by atoms with Crippen LogP contribution in [-0.2, 0) is 6.42 Å². The van der Waals surface area contributed by atoms with E-state index in [1.807, 2.05) is 57.2 Å². The smallest absolute Gasteiger partial charge is 0.279 e. The molecule has 2 heterocycles. The van der Waals surface area contributed by atoms with E-state index in [-0.39, 0.29) is 5.91 Å². The summed E-state index contributed by atoms with van der Waals surface area (Å²) in [6.07, 6.45) is 1.90. The van der Waals surface area contributed by atoms with E-state index in [4.69, 9.17) is 4.42 Å². The monoisotopic (exact) mass is 321 g/mol. The first-order valence-electron chi connectivity index (χ1n) is 7.87. The number of amides is 1. The second kappa shape index (κ2) is 6.66. The second-order valence-electron chi connectivity index (χ2n) is 5.56. The Morgan fingerprint density at radius 2 is 1.96 bits per heavy atom. The molecule has 0 bridgehead atoms. The molecule has 0 aliphatic carbocycles. The Morgan fingerprint density at radius 3 is 2.67 bits per heavy atom. The summed E-state index contributed by atoms with van der Waals surface area (Å²) in [5.41, 5.74) is 4.41. The predicted octanol–water partition coefficient (Wildman–Crippen LogP) is 4.17. The molecule has 0 spiro atoms. The van der Waals surface area contributed by atoms with Crippen molar-refractivity contribution in [3.8, 4) is 11.1 Å². The van der Waals surface area contributed by atoms with Gasteiger partial charge in [0.15, 0.2) is 12.1 Å². The maximum absolute atomic E-state index is 12.4. The van der Waals surface area contributed by atoms with E-state index in [2.05, 4.69) is 15.3 Å². The molecule has 5 nitrogen and oxygen atoms in total. The molecule has 0 fully saturated rings. The molecular weight excluding hydrogens is 302 g/mol. The first-order valence-corrected chi connectivity index (χ1v) is 7.87. The standard InChI is InChI=1S/C19H19N3O2/c1-4-16-18(20-11-24-16)19(23)22-17-10-15(12(2)13(3)21-17)14-8-6-5-7-9-14/h5-11H,4H2,1-3H3,(H,21,22,23). The number of hydrogen-bond donors (Lipinski definition) is 1. The van der Waals surface area contributed by atoms with E-state index < -0.39 is 0 Å². The molecule has 0 radical (unpaired) electrons. The fourth-order valence-electron chi connectivity index (χ4n) is 2.60. The molecule has 1 aromatic carbocycles. The lowest BCUT2D eigenvalue weighted by Crippen LogP contribution is -2.15. The number of aromatic nitrogens is 2. The van der Waals surface area contributed by atoms with Crippen molar-refractivity contribution in [2.45, 2.75) is 27.2 Å². The molecule has 2 aromatic heterocycles. The van der Waals surface area contributed by atoms with Crippen molar-refractivity contribution < 1.29 is 9.21 Å². The van der Waals surface area contributed by atoms with E-state index in [1.54, 1.807) is 0 Å². The van der Waals surface area contributed by atoms with E-state index in [9.17, 15) is 4.79 Å². The van der Waals surface area contributed by atoms with Gasteiger partial charge in [0.1, 0.15) is 11.6 Å². The maximum atomic E-state index is 12.4. The number of nitrogens with zero attached hydrogens (tertiary/aromatic N) is 2. The van der Waals surface area contributed by atoms with Gasteiger partial charge in [-0.3, -0.25) is 4.79 Å². The van der Waals surface area contributed by atoms with Crippen LogP contribution in [-0.4, -0.2) is 15.9 Å². The average Bonchev–Trinajstić information content (AvgIpc) is 3.07. The molecule has 3 rings (SSSR count). The van der Waals surface area contributed by atoms with Crippen LogP contribution in [0.25, 0.3) is 11.1 Å². The van der Waals surface area contributed by atoms with Gasteiger partial charge < -0.3 is 9.73 Å². The van der Waals surface area contributed by atoms with Crippen LogP contribution in [0.1, 0.15) is 34.4 Å². The molecule has 1 amide bonds. The Bertz CT molecular complexity index is 870. The summed E-state index contributed by atoms with van der Waals surface area (Å²) in [5.74, 6) is 0.766. The molecule has 0 aliphatic rings. The highest BCUT2D eigenvalue weighted by molar-refractivity contribution is 6.03. The molecule has 0 atom stereocenters. The summed E-state index contributed by atoms with van der Waals surface area (Å²) in [6, 6.07) is 11.9. The number of pyridine rings is 1. The fourth-order valence-corrected chi connectivity index (χ4v) is 2.60. The molecule has 122 valence electrons. The molecule has 24 heavy (non-hydrogen) atoms. The number of nitrogens with one attached hydrogen (secondary N) is 1. The van der Waals surface area contributed by atoms with Gasteiger partial charge in [-0.1, -0.05) is 37.3 Å². The zero-order chi connectivity index (χ0) is 17.1. The van der Waals surface area contributed by atoms with Gasteiger partial charge in [-0.25, -0.2) is 9.97 Å². The first kappa shape index (κ1) is 15.9. The molecule has 0 saturated carbocycles. The van der Waals surface area contributed by atoms with Gasteiger partial charge in [0, 0.05) is 12.1 Å². The highest BCUT2D eigenvalue weighted by atomic mass is 16.3. The van der Waals surface area contributed by atoms with E-state index in [0.29, 0.717) is 23.7 Å². The van der Waals surface area contributed by atoms with E-state index >= 15 is 0 Å². The van der Waals surface area contributed by atoms with Gasteiger partial charge in [-0.2, -0.15) is 0 Å². The SMILES string of the molecule is CCc1ocnc1C(=O)Nc1cc(-c2ccccc2)c(C)c(C)n1. The minimum atomic E-state index is -0.310. The molecule has 0 unspecified atom stereocenters. The van der Waals surface area contributed by atoms with Crippen LogP contribution in [0.5, 0.6) is 0 Å². The normalized spacial score (nSPS) is 10.6. The molecule has 1 N–H and O–H groups in total. The van der Waals surface area contributed by atoms with Crippen molar-refractivity contribution >= 4 is 11.7 Å². The van der Waals surface area contributed by atoms with Crippen LogP contribution in [0.4, 0.5) is 5.82 Å². The lowest BCUT2D eigenvalue weighted by Gasteiger charge is -2.12. The van der Waals surface area contributed by atoms with Crippen molar-refractivity contribution in [3.63, 3.8) is 0 Å². The summed E-state index contributed by atoms with van der Waals surface area (Å²) in [7, 11) is 0. The quantitative estimate of drug-likeness (QED) is 0.783. The van der Waals surface area contributed by atoms with Crippen molar-refractivity contribution in [2.24, 2.45) is 0 Å². The summed E-state index contributed by atoms with van der Waals surface area (Å²) < 4.78 is 5.22. The highest BCUT2D eigenvalue weighted by Gasteiger charge is 2.17. The van der Waals surface area contributed by atoms with Crippen molar-refractivity contribution in [2.75, 3.05) is 5.32 Å². The van der Waals surface area contributed by atoms with Crippen molar-refractivity contribution in [3.05, 3.63) is 65.5 Å². The zero-order valence-electron chi connectivity index (χ0n) is 14.0. The maximum Gasteiger partial charge on any atom is 0.279 e. The van der Waals surface area contributed by atoms with Gasteiger partial charge in [-0.05, 0) is 36.6 Å². The summed E-state index contributed by atoms with van der Waals surface area (Å²) >= 11 is 0. The first-order chi connectivity index (χ1) is 11.6. The molecule has 5 heteroatoms. The van der Waals surface area contributed by atoms with Crippen LogP contribution in [0.3, 0.4) is 0 Å². The Balaban J connectivity index is 1.95. The van der Waals surface area contributed by atoms with Crippen LogP contribution < -0.4 is 5.32 Å². The third kappa shape index (κ3) is 3.06. The summed E-state index contributed by atoms with van der Waals surface area (Å²) in [4.78, 5) is 20.9. The van der Waals surface area contributed by atoms with Crippen LogP contribution in [0.2, 0.25) is 0 Å². The minimum absolute atomic E-state index is 0.304. The molecule has 3 aromatic rings. The second-order valence-corrected chi connectivity index (χ2v) is 5.56. The Morgan fingerprint density at radius 1 is 1.21 bits per heavy atom. The highest BCUT2D eigenvalue weighted by Crippen LogP contribution is 2.27. The van der Waals surface area contributed by atoms with Gasteiger partial charge in [0.2, 0.25) is 0 Å². The topological polar surface area (TPSA) is 68.0 Å². The number of carbonyl (C=O) groups excluding carboxylic acids is 1. The number of aryl methyl sites for hydroxylation is 2. The average molecular weight is 321 g/mol. The number of hydrogen-bond acceptors (Lipinski definition) is 4. The summed E-state index contributed by atoms with van der Waals surface area (Å²) in [6.45, 7) is 5.88. The predicted molar refractivity (Wildman–Crippen MR) is 93.0 cm³/mol. The number of rotatable bonds is 4. The van der Waals surface area contributed by atoms with E-state index in [1.165, 1.54) is 6.39 Å². The van der Waals surface area contributed by atoms with Gasteiger partial charge in [0.05, 0.1) is 0 Å². The summed E-state index contributed by atoms with van der Waals surface area (Å²) in [5, 5.41) is 2.82. The molecular formula is C19H19N3O2. The lowest BCUT2D eigenvalue weighted by molar-refractivity contribution is 0.102. The Kier molecular flexibility index (Phi) is 4.42. The Hall–Kier alpha value is -2.95.